The van der Waals surface area contributed by atoms with Gasteiger partial charge in [-0.25, -0.2) is 0 Å². The Balaban J connectivity index is 1.88. The smallest absolute Gasteiger partial charge is 0.0235 e. The molecule has 2 heteroatoms. The van der Waals surface area contributed by atoms with Crippen molar-refractivity contribution < 1.29 is 0 Å². The first-order chi connectivity index (χ1) is 10.1. The van der Waals surface area contributed by atoms with Crippen molar-refractivity contribution in [3.8, 4) is 0 Å². The highest BCUT2D eigenvalue weighted by atomic mass is 15.2. The van der Waals surface area contributed by atoms with E-state index < -0.39 is 0 Å². The average Bonchev–Trinajstić information content (AvgIpc) is 2.71. The maximum absolute atomic E-state index is 3.74. The molecule has 1 aromatic rings. The number of benzene rings is 1. The summed E-state index contributed by atoms with van der Waals surface area (Å²) in [7, 11) is 0. The molecule has 1 saturated heterocycles. The van der Waals surface area contributed by atoms with E-state index >= 15 is 0 Å². The average molecular weight is 288 g/mol. The molecule has 0 bridgehead atoms. The van der Waals surface area contributed by atoms with Crippen LogP contribution in [0, 0.1) is 5.92 Å². The molecule has 1 heterocycles. The molecule has 0 aromatic heterocycles. The van der Waals surface area contributed by atoms with Gasteiger partial charge >= 0.3 is 0 Å². The van der Waals surface area contributed by atoms with Gasteiger partial charge in [0.25, 0.3) is 0 Å². The quantitative estimate of drug-likeness (QED) is 0.858. The fourth-order valence-corrected chi connectivity index (χ4v) is 3.22. The molecule has 0 aliphatic carbocycles. The van der Waals surface area contributed by atoms with Crippen LogP contribution in [0.4, 0.5) is 0 Å². The molecule has 118 valence electrons. The summed E-state index contributed by atoms with van der Waals surface area (Å²) in [5.41, 5.74) is 1.45. The topological polar surface area (TPSA) is 15.3 Å². The van der Waals surface area contributed by atoms with Crippen molar-refractivity contribution in [2.24, 2.45) is 5.92 Å². The van der Waals surface area contributed by atoms with Gasteiger partial charge in [-0.3, -0.25) is 4.90 Å². The van der Waals surface area contributed by atoms with Crippen LogP contribution in [-0.2, 0) is 6.42 Å². The lowest BCUT2D eigenvalue weighted by atomic mass is 10.0. The molecule has 1 aromatic carbocycles. The summed E-state index contributed by atoms with van der Waals surface area (Å²) in [4.78, 5) is 2.70. The van der Waals surface area contributed by atoms with E-state index in [2.05, 4.69) is 61.3 Å². The largest absolute Gasteiger partial charge is 0.312 e. The van der Waals surface area contributed by atoms with Gasteiger partial charge in [0.2, 0.25) is 0 Å². The molecule has 1 aliphatic heterocycles. The Morgan fingerprint density at radius 3 is 2.62 bits per heavy atom. The fourth-order valence-electron chi connectivity index (χ4n) is 3.22. The van der Waals surface area contributed by atoms with E-state index in [1.54, 1.807) is 0 Å². The zero-order valence-corrected chi connectivity index (χ0v) is 14.0. The molecule has 1 fully saturated rings. The maximum Gasteiger partial charge on any atom is 0.0235 e. The Morgan fingerprint density at radius 2 is 1.90 bits per heavy atom. The molecular formula is C19H32N2. The third kappa shape index (κ3) is 5.80. The molecule has 0 spiro atoms. The number of hydrogen-bond acceptors (Lipinski definition) is 2. The Hall–Kier alpha value is -0.860. The molecule has 2 nitrogen and oxygen atoms in total. The van der Waals surface area contributed by atoms with Gasteiger partial charge in [0.15, 0.2) is 0 Å². The molecule has 21 heavy (non-hydrogen) atoms. The van der Waals surface area contributed by atoms with Crippen LogP contribution in [0.15, 0.2) is 30.3 Å². The SMILES string of the molecule is CC(C)CCC(C)N1CCCNC(Cc2ccccc2)C1. The number of nitrogens with one attached hydrogen (secondary N) is 1. The van der Waals surface area contributed by atoms with Crippen molar-refractivity contribution >= 4 is 0 Å². The van der Waals surface area contributed by atoms with Gasteiger partial charge in [0, 0.05) is 18.6 Å². The predicted molar refractivity (Wildman–Crippen MR) is 91.7 cm³/mol. The van der Waals surface area contributed by atoms with Crippen molar-refractivity contribution in [2.45, 2.75) is 58.5 Å². The van der Waals surface area contributed by atoms with Crippen molar-refractivity contribution in [3.05, 3.63) is 35.9 Å². The molecule has 0 saturated carbocycles. The molecule has 1 aliphatic rings. The Bertz CT molecular complexity index is 388. The van der Waals surface area contributed by atoms with E-state index in [1.807, 2.05) is 0 Å². The summed E-state index contributed by atoms with van der Waals surface area (Å²) in [5.74, 6) is 0.817. The van der Waals surface area contributed by atoms with Gasteiger partial charge in [-0.05, 0) is 57.2 Å². The highest BCUT2D eigenvalue weighted by Gasteiger charge is 2.21. The minimum Gasteiger partial charge on any atom is -0.312 e. The van der Waals surface area contributed by atoms with Crippen molar-refractivity contribution in [2.75, 3.05) is 19.6 Å². The normalized spacial score (nSPS) is 22.2. The van der Waals surface area contributed by atoms with Crippen LogP contribution in [0.25, 0.3) is 0 Å². The highest BCUT2D eigenvalue weighted by Crippen LogP contribution is 2.15. The molecule has 2 rings (SSSR count). The van der Waals surface area contributed by atoms with Crippen LogP contribution in [-0.4, -0.2) is 36.6 Å². The minimum absolute atomic E-state index is 0.594. The number of rotatable bonds is 6. The van der Waals surface area contributed by atoms with Gasteiger partial charge in [-0.2, -0.15) is 0 Å². The second-order valence-corrected chi connectivity index (χ2v) is 7.01. The van der Waals surface area contributed by atoms with E-state index in [0.717, 1.165) is 18.9 Å². The summed E-state index contributed by atoms with van der Waals surface area (Å²) in [5, 5.41) is 3.74. The van der Waals surface area contributed by atoms with Crippen LogP contribution >= 0.6 is 0 Å². The summed E-state index contributed by atoms with van der Waals surface area (Å²) < 4.78 is 0. The predicted octanol–water partition coefficient (Wildman–Crippen LogP) is 3.72. The van der Waals surface area contributed by atoms with E-state index in [0.29, 0.717) is 12.1 Å². The summed E-state index contributed by atoms with van der Waals surface area (Å²) >= 11 is 0. The van der Waals surface area contributed by atoms with E-state index in [9.17, 15) is 0 Å². The van der Waals surface area contributed by atoms with Crippen LogP contribution < -0.4 is 5.32 Å². The van der Waals surface area contributed by atoms with Crippen molar-refractivity contribution in [1.82, 2.24) is 10.2 Å². The zero-order chi connectivity index (χ0) is 15.1. The van der Waals surface area contributed by atoms with Crippen LogP contribution in [0.3, 0.4) is 0 Å². The first-order valence-electron chi connectivity index (χ1n) is 8.66. The number of nitrogens with zero attached hydrogens (tertiary/aromatic N) is 1. The third-order valence-corrected chi connectivity index (χ3v) is 4.62. The van der Waals surface area contributed by atoms with E-state index in [-0.39, 0.29) is 0 Å². The Morgan fingerprint density at radius 1 is 1.14 bits per heavy atom. The van der Waals surface area contributed by atoms with Crippen LogP contribution in [0.5, 0.6) is 0 Å². The minimum atomic E-state index is 0.594. The number of hydrogen-bond donors (Lipinski definition) is 1. The van der Waals surface area contributed by atoms with Crippen LogP contribution in [0.2, 0.25) is 0 Å². The van der Waals surface area contributed by atoms with Gasteiger partial charge in [-0.15, -0.1) is 0 Å². The third-order valence-electron chi connectivity index (χ3n) is 4.62. The summed E-state index contributed by atoms with van der Waals surface area (Å²) in [6, 6.07) is 12.2. The monoisotopic (exact) mass is 288 g/mol. The lowest BCUT2D eigenvalue weighted by Crippen LogP contribution is -2.42. The zero-order valence-electron chi connectivity index (χ0n) is 14.0. The molecule has 1 N–H and O–H groups in total. The van der Waals surface area contributed by atoms with E-state index in [4.69, 9.17) is 0 Å². The summed E-state index contributed by atoms with van der Waals surface area (Å²) in [6.07, 6.45) is 5.09. The molecule has 0 amide bonds. The van der Waals surface area contributed by atoms with Gasteiger partial charge in [-0.1, -0.05) is 44.2 Å². The molecule has 2 atom stereocenters. The molecular weight excluding hydrogens is 256 g/mol. The molecule has 2 unspecified atom stereocenters. The van der Waals surface area contributed by atoms with Gasteiger partial charge in [0.05, 0.1) is 0 Å². The second kappa shape index (κ2) is 8.55. The van der Waals surface area contributed by atoms with Crippen molar-refractivity contribution in [3.63, 3.8) is 0 Å². The van der Waals surface area contributed by atoms with Crippen LogP contribution in [0.1, 0.15) is 45.6 Å². The van der Waals surface area contributed by atoms with Crippen molar-refractivity contribution in [1.29, 1.82) is 0 Å². The highest BCUT2D eigenvalue weighted by molar-refractivity contribution is 5.16. The second-order valence-electron chi connectivity index (χ2n) is 7.01. The van der Waals surface area contributed by atoms with Gasteiger partial charge < -0.3 is 5.32 Å². The Labute approximate surface area is 130 Å². The Kier molecular flexibility index (Phi) is 6.72. The first kappa shape index (κ1) is 16.5. The maximum atomic E-state index is 3.74. The lowest BCUT2D eigenvalue weighted by molar-refractivity contribution is 0.189. The fraction of sp³-hybridized carbons (Fsp3) is 0.684. The van der Waals surface area contributed by atoms with E-state index in [1.165, 1.54) is 37.9 Å². The summed E-state index contributed by atoms with van der Waals surface area (Å²) in [6.45, 7) is 10.7. The standard InChI is InChI=1S/C19H32N2/c1-16(2)10-11-17(3)21-13-7-12-20-19(15-21)14-18-8-5-4-6-9-18/h4-6,8-9,16-17,19-20H,7,10-15H2,1-3H3. The lowest BCUT2D eigenvalue weighted by Gasteiger charge is -2.30. The molecule has 0 radical (unpaired) electrons. The van der Waals surface area contributed by atoms with Gasteiger partial charge in [0.1, 0.15) is 0 Å². The first-order valence-corrected chi connectivity index (χ1v) is 8.66.